The van der Waals surface area contributed by atoms with E-state index in [0.717, 1.165) is 10.7 Å². The second-order valence-corrected chi connectivity index (χ2v) is 12.5. The van der Waals surface area contributed by atoms with Gasteiger partial charge in [0.05, 0.1) is 0 Å². The van der Waals surface area contributed by atoms with Crippen LogP contribution in [0.5, 0.6) is 0 Å². The molecule has 2 aromatic heterocycles. The molecule has 2 heterocycles. The van der Waals surface area contributed by atoms with Crippen molar-refractivity contribution in [1.82, 2.24) is 19.7 Å². The molecule has 0 saturated heterocycles. The van der Waals surface area contributed by atoms with Crippen molar-refractivity contribution in [2.75, 3.05) is 9.86 Å². The summed E-state index contributed by atoms with van der Waals surface area (Å²) in [7, 11) is 0. The quantitative estimate of drug-likeness (QED) is 0.285. The third-order valence-corrected chi connectivity index (χ3v) is 7.85. The molecule has 6 nitrogen and oxygen atoms in total. The molecular weight excluding hydrogens is 552 g/mol. The molecule has 31 heavy (non-hydrogen) atoms. The first-order valence-electron chi connectivity index (χ1n) is 8.34. The molecule has 1 aromatic carbocycles. The van der Waals surface area contributed by atoms with E-state index in [1.165, 1.54) is 0 Å². The van der Waals surface area contributed by atoms with E-state index in [0.29, 0.717) is 12.1 Å². The van der Waals surface area contributed by atoms with Crippen LogP contribution in [0, 0.1) is 5.82 Å². The van der Waals surface area contributed by atoms with Gasteiger partial charge in [-0.25, -0.2) is 0 Å². The number of halogens is 8. The van der Waals surface area contributed by atoms with Crippen molar-refractivity contribution < 1.29 is 30.7 Å². The van der Waals surface area contributed by atoms with Crippen molar-refractivity contribution >= 4 is 30.9 Å². The summed E-state index contributed by atoms with van der Waals surface area (Å²) < 4.78 is 91.9. The number of benzene rings is 1. The Morgan fingerprint density at radius 2 is 1.74 bits per heavy atom. The second kappa shape index (κ2) is 7.94. The molecule has 0 aliphatic heterocycles. The molecule has 0 fully saturated rings. The Hall–Kier alpha value is -2.39. The Morgan fingerprint density at radius 3 is 2.26 bits per heavy atom. The van der Waals surface area contributed by atoms with Gasteiger partial charge in [0.25, 0.3) is 0 Å². The van der Waals surface area contributed by atoms with Gasteiger partial charge in [-0.3, -0.25) is 0 Å². The number of hydrogen-bond acceptors (Lipinski definition) is 3. The van der Waals surface area contributed by atoms with E-state index >= 15 is 0 Å². The van der Waals surface area contributed by atoms with E-state index in [1.807, 2.05) is 4.98 Å². The minimum atomic E-state index is -4.92. The summed E-state index contributed by atoms with van der Waals surface area (Å²) in [5.74, 6) is -1.55. The number of nitrogens with one attached hydrogen (secondary N) is 2. The van der Waals surface area contributed by atoms with Crippen LogP contribution in [0.1, 0.15) is 20.9 Å². The van der Waals surface area contributed by atoms with Gasteiger partial charge in [0.1, 0.15) is 0 Å². The number of fused-ring (bicyclic) bond motifs is 1. The van der Waals surface area contributed by atoms with E-state index in [1.54, 1.807) is 9.86 Å². The van der Waals surface area contributed by atoms with Gasteiger partial charge in [0.15, 0.2) is 0 Å². The van der Waals surface area contributed by atoms with Crippen molar-refractivity contribution in [3.8, 4) is 0 Å². The monoisotopic (exact) mass is 566 g/mol. The van der Waals surface area contributed by atoms with Gasteiger partial charge in [-0.05, 0) is 0 Å². The van der Waals surface area contributed by atoms with E-state index in [-0.39, 0.29) is 11.2 Å². The summed E-state index contributed by atoms with van der Waals surface area (Å²) in [4.78, 5) is 31.5. The molecule has 3 aromatic rings. The van der Waals surface area contributed by atoms with Gasteiger partial charge < -0.3 is 0 Å². The first-order chi connectivity index (χ1) is 14.2. The third-order valence-electron chi connectivity index (χ3n) is 4.24. The average molecular weight is 566 g/mol. The van der Waals surface area contributed by atoms with E-state index in [9.17, 15) is 40.3 Å². The molecule has 0 saturated carbocycles. The van der Waals surface area contributed by atoms with Crippen LogP contribution in [0.15, 0.2) is 27.8 Å². The van der Waals surface area contributed by atoms with Gasteiger partial charge in [-0.15, -0.1) is 0 Å². The summed E-state index contributed by atoms with van der Waals surface area (Å²) in [6, 6.07) is 2.19. The Labute approximate surface area is 175 Å². The van der Waals surface area contributed by atoms with Crippen LogP contribution < -0.4 is 11.2 Å². The summed E-state index contributed by atoms with van der Waals surface area (Å²) in [5.41, 5.74) is -4.52. The molecule has 0 spiro atoms. The molecule has 1 atom stereocenters. The maximum atomic E-state index is 14.2. The predicted octanol–water partition coefficient (Wildman–Crippen LogP) is 3.99. The number of rotatable bonds is 4. The maximum absolute atomic E-state index is 14.2. The zero-order valence-electron chi connectivity index (χ0n) is 15.8. The molecule has 3 rings (SSSR count). The van der Waals surface area contributed by atoms with Crippen LogP contribution in [0.4, 0.5) is 30.7 Å². The van der Waals surface area contributed by atoms with Crippen LogP contribution >= 0.6 is 19.8 Å². The molecule has 0 aliphatic rings. The van der Waals surface area contributed by atoms with Crippen LogP contribution in [-0.2, 0) is 12.6 Å². The van der Waals surface area contributed by atoms with Crippen molar-refractivity contribution in [1.29, 1.82) is 0 Å². The Morgan fingerprint density at radius 1 is 1.10 bits per heavy atom. The predicted molar refractivity (Wildman–Crippen MR) is 106 cm³/mol. The summed E-state index contributed by atoms with van der Waals surface area (Å²) in [6.45, 7) is 0. The number of hydrogen-bond donors (Lipinski definition) is 2. The number of alkyl halides is 9. The standard InChI is InChI=1S/C17H14F7IN4O2/c1-25(2)12(7-3-4-8(9(18)5-7)17(22,23)24)29-13-11(14(30)27-15(31)26-13)10(28-29)6-16(19,20)21/h3-5,12H,6H2,1-2H3,(H2,26,27,30,31)/t12-/m1/s1. The molecule has 0 aliphatic carbocycles. The SMILES string of the molecule is CI(C)[C@@H](c1ccc(C(F)(F)F)c(F)c1)n1nc(CC(F)(F)F)c2c(=O)[nH]c(=O)[nH]c21. The van der Waals surface area contributed by atoms with E-state index in [4.69, 9.17) is 0 Å². The third kappa shape index (κ3) is 4.77. The van der Waals surface area contributed by atoms with Crippen molar-refractivity contribution in [2.45, 2.75) is 22.8 Å². The molecule has 0 amide bonds. The Balaban J connectivity index is 2.28. The Kier molecular flexibility index (Phi) is 5.96. The number of aromatic nitrogens is 4. The van der Waals surface area contributed by atoms with Gasteiger partial charge in [0.2, 0.25) is 0 Å². The van der Waals surface area contributed by atoms with E-state index in [2.05, 4.69) is 10.1 Å². The minimum absolute atomic E-state index is 0.0322. The summed E-state index contributed by atoms with van der Waals surface area (Å²) >= 11 is -2.25. The van der Waals surface area contributed by atoms with Gasteiger partial charge >= 0.3 is 176 Å². The van der Waals surface area contributed by atoms with Crippen LogP contribution in [0.25, 0.3) is 11.0 Å². The van der Waals surface area contributed by atoms with E-state index < -0.39 is 76.4 Å². The molecule has 2 N–H and O–H groups in total. The fourth-order valence-electron chi connectivity index (χ4n) is 3.11. The number of nitrogens with zero attached hydrogens (tertiary/aromatic N) is 2. The summed E-state index contributed by atoms with van der Waals surface area (Å²) in [6.07, 6.45) is -11.2. The first kappa shape index (κ1) is 23.3. The van der Waals surface area contributed by atoms with Crippen LogP contribution in [0.2, 0.25) is 0 Å². The Bertz CT molecular complexity index is 1240. The van der Waals surface area contributed by atoms with Crippen molar-refractivity contribution in [3.05, 3.63) is 61.7 Å². The fourth-order valence-corrected chi connectivity index (χ4v) is 6.39. The van der Waals surface area contributed by atoms with Crippen LogP contribution in [0.3, 0.4) is 0 Å². The van der Waals surface area contributed by atoms with Gasteiger partial charge in [-0.2, -0.15) is 0 Å². The first-order valence-corrected chi connectivity index (χ1v) is 13.9. The molecule has 0 unspecified atom stereocenters. The molecular formula is C17H14F7IN4O2. The van der Waals surface area contributed by atoms with Crippen molar-refractivity contribution in [2.24, 2.45) is 0 Å². The van der Waals surface area contributed by atoms with Crippen molar-refractivity contribution in [3.63, 3.8) is 0 Å². The second-order valence-electron chi connectivity index (χ2n) is 6.70. The molecule has 170 valence electrons. The summed E-state index contributed by atoms with van der Waals surface area (Å²) in [5, 5.41) is 3.38. The number of aromatic amines is 2. The average Bonchev–Trinajstić information content (AvgIpc) is 2.89. The molecule has 0 bridgehead atoms. The normalized spacial score (nSPS) is 14.2. The topological polar surface area (TPSA) is 83.5 Å². The van der Waals surface area contributed by atoms with Gasteiger partial charge in [0, 0.05) is 0 Å². The van der Waals surface area contributed by atoms with Gasteiger partial charge in [-0.1, -0.05) is 0 Å². The molecule has 0 radical (unpaired) electrons. The zero-order chi connectivity index (χ0) is 23.3. The zero-order valence-corrected chi connectivity index (χ0v) is 17.9. The van der Waals surface area contributed by atoms with Crippen LogP contribution in [-0.4, -0.2) is 35.8 Å². The molecule has 14 heteroatoms. The fraction of sp³-hybridized carbons (Fsp3) is 0.353. The number of H-pyrrole nitrogens is 2.